The summed E-state index contributed by atoms with van der Waals surface area (Å²) in [4.78, 5) is 12.0. The first-order chi connectivity index (χ1) is 9.81. The minimum atomic E-state index is -0.235. The molecule has 0 saturated heterocycles. The van der Waals surface area contributed by atoms with Gasteiger partial charge >= 0.3 is 0 Å². The van der Waals surface area contributed by atoms with Crippen molar-refractivity contribution in [2.45, 2.75) is 6.10 Å². The Morgan fingerprint density at radius 2 is 2.10 bits per heavy atom. The van der Waals surface area contributed by atoms with Crippen LogP contribution in [-0.4, -0.2) is 30.8 Å². The molecule has 0 aliphatic carbocycles. The van der Waals surface area contributed by atoms with Crippen LogP contribution in [0.5, 0.6) is 0 Å². The number of rotatable bonds is 7. The lowest BCUT2D eigenvalue weighted by molar-refractivity contribution is 0.0279. The highest BCUT2D eigenvalue weighted by Crippen LogP contribution is 2.19. The molecule has 1 atom stereocenters. The van der Waals surface area contributed by atoms with E-state index in [-0.39, 0.29) is 25.2 Å². The van der Waals surface area contributed by atoms with Gasteiger partial charge in [-0.3, -0.25) is 4.79 Å². The number of thiophene rings is 1. The zero-order chi connectivity index (χ0) is 14.2. The molecular formula is C15H17NO3S. The normalized spacial score (nSPS) is 12.1. The van der Waals surface area contributed by atoms with Gasteiger partial charge in [0.15, 0.2) is 0 Å². The Labute approximate surface area is 122 Å². The van der Waals surface area contributed by atoms with Gasteiger partial charge in [0.1, 0.15) is 6.10 Å². The van der Waals surface area contributed by atoms with Crippen LogP contribution in [-0.2, 0) is 4.74 Å². The predicted octanol–water partition coefficient (Wildman–Crippen LogP) is 2.23. The average Bonchev–Trinajstić information content (AvgIpc) is 3.02. The number of hydrogen-bond donors (Lipinski definition) is 2. The molecular weight excluding hydrogens is 274 g/mol. The van der Waals surface area contributed by atoms with Crippen LogP contribution in [0.4, 0.5) is 0 Å². The van der Waals surface area contributed by atoms with E-state index in [2.05, 4.69) is 5.32 Å². The third kappa shape index (κ3) is 4.16. The van der Waals surface area contributed by atoms with E-state index in [0.29, 0.717) is 12.1 Å². The number of carbonyl (C=O) groups is 1. The van der Waals surface area contributed by atoms with Crippen LogP contribution in [0.2, 0.25) is 0 Å². The summed E-state index contributed by atoms with van der Waals surface area (Å²) in [5, 5.41) is 15.7. The average molecular weight is 291 g/mol. The van der Waals surface area contributed by atoms with Crippen LogP contribution >= 0.6 is 11.3 Å². The van der Waals surface area contributed by atoms with Gasteiger partial charge in [0, 0.05) is 12.1 Å². The van der Waals surface area contributed by atoms with Gasteiger partial charge in [-0.15, -0.1) is 0 Å². The number of aliphatic hydroxyl groups is 1. The van der Waals surface area contributed by atoms with Crippen LogP contribution in [0.1, 0.15) is 22.0 Å². The molecule has 0 radical (unpaired) electrons. The van der Waals surface area contributed by atoms with Crippen molar-refractivity contribution in [1.29, 1.82) is 0 Å². The first-order valence-electron chi connectivity index (χ1n) is 6.39. The maximum Gasteiger partial charge on any atom is 0.251 e. The van der Waals surface area contributed by atoms with Gasteiger partial charge in [-0.25, -0.2) is 0 Å². The molecule has 0 saturated carbocycles. The van der Waals surface area contributed by atoms with Gasteiger partial charge in [-0.2, -0.15) is 11.3 Å². The molecule has 106 valence electrons. The number of benzene rings is 1. The van der Waals surface area contributed by atoms with Crippen molar-refractivity contribution in [2.75, 3.05) is 19.8 Å². The number of nitrogens with one attached hydrogen (secondary N) is 1. The molecule has 2 rings (SSSR count). The first-order valence-corrected chi connectivity index (χ1v) is 7.33. The third-order valence-corrected chi connectivity index (χ3v) is 3.51. The Bertz CT molecular complexity index is 513. The van der Waals surface area contributed by atoms with Crippen LogP contribution < -0.4 is 5.32 Å². The molecule has 1 amide bonds. The van der Waals surface area contributed by atoms with Gasteiger partial charge < -0.3 is 15.2 Å². The summed E-state index contributed by atoms with van der Waals surface area (Å²) >= 11 is 1.58. The maximum absolute atomic E-state index is 12.0. The molecule has 0 spiro atoms. The fourth-order valence-corrected chi connectivity index (χ4v) is 2.50. The Hall–Kier alpha value is -1.69. The lowest BCUT2D eigenvalue weighted by Gasteiger charge is -2.17. The first kappa shape index (κ1) is 14.7. The molecule has 1 aromatic carbocycles. The van der Waals surface area contributed by atoms with Gasteiger partial charge in [0.25, 0.3) is 5.91 Å². The van der Waals surface area contributed by atoms with E-state index in [9.17, 15) is 4.79 Å². The fourth-order valence-electron chi connectivity index (χ4n) is 1.80. The second kappa shape index (κ2) is 7.79. The van der Waals surface area contributed by atoms with Crippen molar-refractivity contribution >= 4 is 17.2 Å². The molecule has 1 heterocycles. The van der Waals surface area contributed by atoms with E-state index >= 15 is 0 Å². The third-order valence-electron chi connectivity index (χ3n) is 2.81. The molecule has 0 bridgehead atoms. The molecule has 20 heavy (non-hydrogen) atoms. The molecule has 2 aromatic rings. The fraction of sp³-hybridized carbons (Fsp3) is 0.267. The Balaban J connectivity index is 1.93. The summed E-state index contributed by atoms with van der Waals surface area (Å²) in [6, 6.07) is 11.0. The maximum atomic E-state index is 12.0. The minimum Gasteiger partial charge on any atom is -0.394 e. The van der Waals surface area contributed by atoms with Gasteiger partial charge in [0.2, 0.25) is 0 Å². The highest BCUT2D eigenvalue weighted by atomic mass is 32.1. The van der Waals surface area contributed by atoms with Crippen molar-refractivity contribution in [3.8, 4) is 0 Å². The Kier molecular flexibility index (Phi) is 5.73. The summed E-state index contributed by atoms with van der Waals surface area (Å²) in [5.74, 6) is -0.126. The summed E-state index contributed by atoms with van der Waals surface area (Å²) in [6.45, 7) is 0.597. The van der Waals surface area contributed by atoms with Crippen LogP contribution in [0, 0.1) is 0 Å². The lowest BCUT2D eigenvalue weighted by Crippen LogP contribution is -2.29. The summed E-state index contributed by atoms with van der Waals surface area (Å²) in [6.07, 6.45) is -0.235. The van der Waals surface area contributed by atoms with Crippen molar-refractivity contribution < 1.29 is 14.6 Å². The van der Waals surface area contributed by atoms with Crippen molar-refractivity contribution in [1.82, 2.24) is 5.32 Å². The molecule has 2 N–H and O–H groups in total. The molecule has 1 aromatic heterocycles. The highest BCUT2D eigenvalue weighted by molar-refractivity contribution is 7.07. The zero-order valence-corrected chi connectivity index (χ0v) is 11.8. The van der Waals surface area contributed by atoms with E-state index in [0.717, 1.165) is 5.56 Å². The number of hydrogen-bond acceptors (Lipinski definition) is 4. The molecule has 0 aliphatic rings. The zero-order valence-electron chi connectivity index (χ0n) is 11.0. The molecule has 5 heteroatoms. The van der Waals surface area contributed by atoms with Crippen molar-refractivity contribution in [3.05, 3.63) is 58.3 Å². The van der Waals surface area contributed by atoms with Gasteiger partial charge in [-0.05, 0) is 34.5 Å². The van der Waals surface area contributed by atoms with Gasteiger partial charge in [-0.1, -0.05) is 18.2 Å². The Morgan fingerprint density at radius 1 is 1.30 bits per heavy atom. The van der Waals surface area contributed by atoms with E-state index in [1.165, 1.54) is 0 Å². The van der Waals surface area contributed by atoms with Crippen molar-refractivity contribution in [2.24, 2.45) is 0 Å². The van der Waals surface area contributed by atoms with Crippen LogP contribution in [0.15, 0.2) is 47.2 Å². The number of aliphatic hydroxyl groups excluding tert-OH is 1. The number of ether oxygens (including phenoxy) is 1. The molecule has 0 unspecified atom stereocenters. The number of carbonyl (C=O) groups excluding carboxylic acids is 1. The van der Waals surface area contributed by atoms with E-state index in [4.69, 9.17) is 9.84 Å². The highest BCUT2D eigenvalue weighted by Gasteiger charge is 2.14. The smallest absolute Gasteiger partial charge is 0.251 e. The summed E-state index contributed by atoms with van der Waals surface area (Å²) in [5.41, 5.74) is 1.63. The lowest BCUT2D eigenvalue weighted by atomic mass is 10.1. The van der Waals surface area contributed by atoms with E-state index < -0.39 is 0 Å². The summed E-state index contributed by atoms with van der Waals surface area (Å²) < 4.78 is 5.56. The summed E-state index contributed by atoms with van der Waals surface area (Å²) in [7, 11) is 0. The standard InChI is InChI=1S/C15H17NO3S/c17-7-8-19-14(13-6-9-20-11-13)10-16-15(18)12-4-2-1-3-5-12/h1-6,9,11,14,17H,7-8,10H2,(H,16,18)/t14-/m0/s1. The van der Waals surface area contributed by atoms with Crippen LogP contribution in [0.25, 0.3) is 0 Å². The molecule has 0 fully saturated rings. The molecule has 0 aliphatic heterocycles. The van der Waals surface area contributed by atoms with Crippen molar-refractivity contribution in [3.63, 3.8) is 0 Å². The molecule has 4 nitrogen and oxygen atoms in total. The second-order valence-corrected chi connectivity index (χ2v) is 5.00. The van der Waals surface area contributed by atoms with Crippen LogP contribution in [0.3, 0.4) is 0 Å². The second-order valence-electron chi connectivity index (χ2n) is 4.22. The largest absolute Gasteiger partial charge is 0.394 e. The minimum absolute atomic E-state index is 0.0345. The SMILES string of the molecule is O=C(NC[C@H](OCCO)c1ccsc1)c1ccccc1. The monoisotopic (exact) mass is 291 g/mol. The quantitative estimate of drug-likeness (QED) is 0.822. The van der Waals surface area contributed by atoms with E-state index in [1.54, 1.807) is 23.5 Å². The number of amides is 1. The van der Waals surface area contributed by atoms with E-state index in [1.807, 2.05) is 35.0 Å². The van der Waals surface area contributed by atoms with Gasteiger partial charge in [0.05, 0.1) is 13.2 Å². The predicted molar refractivity (Wildman–Crippen MR) is 78.9 cm³/mol. The Morgan fingerprint density at radius 3 is 2.75 bits per heavy atom. The topological polar surface area (TPSA) is 58.6 Å².